The van der Waals surface area contributed by atoms with Crippen LogP contribution in [0.3, 0.4) is 0 Å². The van der Waals surface area contributed by atoms with Crippen LogP contribution < -0.4 is 11.1 Å². The van der Waals surface area contributed by atoms with Gasteiger partial charge in [-0.3, -0.25) is 0 Å². The van der Waals surface area contributed by atoms with Crippen molar-refractivity contribution >= 4 is 11.9 Å². The SMILES string of the molecule is CC(Nc1nc(N)nc(-n2cccn2)n1)c1nncn1C. The van der Waals surface area contributed by atoms with Crippen LogP contribution in [0.2, 0.25) is 0 Å². The normalized spacial score (nSPS) is 12.3. The van der Waals surface area contributed by atoms with Crippen molar-refractivity contribution in [3.05, 3.63) is 30.6 Å². The molecule has 1 unspecified atom stereocenters. The molecule has 3 rings (SSSR count). The summed E-state index contributed by atoms with van der Waals surface area (Å²) in [6.07, 6.45) is 4.99. The molecule has 0 radical (unpaired) electrons. The van der Waals surface area contributed by atoms with Gasteiger partial charge in [0.15, 0.2) is 5.82 Å². The zero-order chi connectivity index (χ0) is 14.8. The molecule has 3 heterocycles. The van der Waals surface area contributed by atoms with Gasteiger partial charge in [-0.2, -0.15) is 20.1 Å². The minimum Gasteiger partial charge on any atom is -0.368 e. The second-order valence-electron chi connectivity index (χ2n) is 4.43. The lowest BCUT2D eigenvalue weighted by Crippen LogP contribution is -2.16. The highest BCUT2D eigenvalue weighted by Gasteiger charge is 2.14. The Labute approximate surface area is 120 Å². The van der Waals surface area contributed by atoms with Gasteiger partial charge in [-0.25, -0.2) is 4.68 Å². The first-order chi connectivity index (χ1) is 10.1. The first-order valence-corrected chi connectivity index (χ1v) is 6.25. The molecule has 0 spiro atoms. The van der Waals surface area contributed by atoms with Gasteiger partial charge >= 0.3 is 0 Å². The highest BCUT2D eigenvalue weighted by Crippen LogP contribution is 2.15. The van der Waals surface area contributed by atoms with E-state index in [1.165, 1.54) is 4.68 Å². The molecule has 0 amide bonds. The Morgan fingerprint density at radius 2 is 2.14 bits per heavy atom. The summed E-state index contributed by atoms with van der Waals surface area (Å²) in [7, 11) is 1.87. The lowest BCUT2D eigenvalue weighted by atomic mass is 10.3. The Morgan fingerprint density at radius 1 is 1.29 bits per heavy atom. The number of nitrogens with two attached hydrogens (primary N) is 1. The molecule has 0 aliphatic carbocycles. The Balaban J connectivity index is 1.87. The van der Waals surface area contributed by atoms with Crippen molar-refractivity contribution in [1.29, 1.82) is 0 Å². The number of hydrogen-bond donors (Lipinski definition) is 2. The molecule has 3 N–H and O–H groups in total. The fraction of sp³-hybridized carbons (Fsp3) is 0.273. The number of rotatable bonds is 4. The predicted molar refractivity (Wildman–Crippen MR) is 74.4 cm³/mol. The van der Waals surface area contributed by atoms with Gasteiger partial charge in [-0.15, -0.1) is 10.2 Å². The molecular weight excluding hydrogens is 272 g/mol. The van der Waals surface area contributed by atoms with Crippen LogP contribution in [0.1, 0.15) is 18.8 Å². The van der Waals surface area contributed by atoms with Crippen LogP contribution in [0, 0.1) is 0 Å². The number of aryl methyl sites for hydroxylation is 1. The minimum absolute atomic E-state index is 0.114. The number of anilines is 2. The first kappa shape index (κ1) is 13.0. The van der Waals surface area contributed by atoms with E-state index in [0.717, 1.165) is 5.82 Å². The lowest BCUT2D eigenvalue weighted by Gasteiger charge is -2.13. The van der Waals surface area contributed by atoms with E-state index in [4.69, 9.17) is 5.73 Å². The third-order valence-electron chi connectivity index (χ3n) is 2.83. The summed E-state index contributed by atoms with van der Waals surface area (Å²) in [4.78, 5) is 12.4. The number of nitrogens with one attached hydrogen (secondary N) is 1. The molecule has 10 nitrogen and oxygen atoms in total. The molecular formula is C11H14N10. The van der Waals surface area contributed by atoms with Crippen molar-refractivity contribution in [1.82, 2.24) is 39.5 Å². The molecule has 0 aliphatic rings. The van der Waals surface area contributed by atoms with Crippen LogP contribution in [0.5, 0.6) is 0 Å². The van der Waals surface area contributed by atoms with E-state index in [9.17, 15) is 0 Å². The van der Waals surface area contributed by atoms with Crippen LogP contribution >= 0.6 is 0 Å². The van der Waals surface area contributed by atoms with Gasteiger partial charge in [-0.05, 0) is 13.0 Å². The average molecular weight is 286 g/mol. The van der Waals surface area contributed by atoms with Crippen molar-refractivity contribution < 1.29 is 0 Å². The quantitative estimate of drug-likeness (QED) is 0.683. The van der Waals surface area contributed by atoms with E-state index in [0.29, 0.717) is 11.9 Å². The van der Waals surface area contributed by atoms with Crippen molar-refractivity contribution in [2.75, 3.05) is 11.1 Å². The monoisotopic (exact) mass is 286 g/mol. The molecule has 21 heavy (non-hydrogen) atoms. The van der Waals surface area contributed by atoms with Crippen molar-refractivity contribution in [2.24, 2.45) is 7.05 Å². The maximum atomic E-state index is 5.71. The van der Waals surface area contributed by atoms with E-state index in [1.807, 2.05) is 18.5 Å². The smallest absolute Gasteiger partial charge is 0.257 e. The first-order valence-electron chi connectivity index (χ1n) is 6.25. The summed E-state index contributed by atoms with van der Waals surface area (Å²) in [6, 6.07) is 1.64. The summed E-state index contributed by atoms with van der Waals surface area (Å²) in [5, 5.41) is 15.1. The van der Waals surface area contributed by atoms with Gasteiger partial charge in [0.2, 0.25) is 11.9 Å². The molecule has 0 bridgehead atoms. The molecule has 0 fully saturated rings. The number of aromatic nitrogens is 8. The molecule has 3 aromatic rings. The highest BCUT2D eigenvalue weighted by atomic mass is 15.4. The Morgan fingerprint density at radius 3 is 2.81 bits per heavy atom. The molecule has 0 aromatic carbocycles. The van der Waals surface area contributed by atoms with E-state index in [2.05, 4.69) is 35.6 Å². The molecule has 1 atom stereocenters. The fourth-order valence-corrected chi connectivity index (χ4v) is 1.88. The van der Waals surface area contributed by atoms with E-state index < -0.39 is 0 Å². The fourth-order valence-electron chi connectivity index (χ4n) is 1.88. The van der Waals surface area contributed by atoms with Gasteiger partial charge < -0.3 is 15.6 Å². The maximum Gasteiger partial charge on any atom is 0.257 e. The topological polar surface area (TPSA) is 125 Å². The number of nitrogen functional groups attached to an aromatic ring is 1. The Kier molecular flexibility index (Phi) is 3.18. The van der Waals surface area contributed by atoms with E-state index >= 15 is 0 Å². The second-order valence-corrected chi connectivity index (χ2v) is 4.43. The standard InChI is InChI=1S/C11H14N10/c1-7(8-19-13-6-20(8)2)15-10-16-9(12)17-11(18-10)21-5-3-4-14-21/h3-7H,1-2H3,(H3,12,15,16,17,18). The Hall–Kier alpha value is -3.04. The third-order valence-corrected chi connectivity index (χ3v) is 2.83. The van der Waals surface area contributed by atoms with Crippen LogP contribution in [0.25, 0.3) is 5.95 Å². The zero-order valence-corrected chi connectivity index (χ0v) is 11.5. The molecule has 0 saturated heterocycles. The predicted octanol–water partition coefficient (Wildman–Crippen LogP) is -0.0589. The van der Waals surface area contributed by atoms with Gasteiger partial charge in [0.25, 0.3) is 5.95 Å². The number of hydrogen-bond acceptors (Lipinski definition) is 8. The van der Waals surface area contributed by atoms with Crippen LogP contribution in [0.15, 0.2) is 24.8 Å². The van der Waals surface area contributed by atoms with Gasteiger partial charge in [0, 0.05) is 19.4 Å². The molecule has 0 aliphatic heterocycles. The van der Waals surface area contributed by atoms with Crippen molar-refractivity contribution in [2.45, 2.75) is 13.0 Å². The van der Waals surface area contributed by atoms with E-state index in [-0.39, 0.29) is 12.0 Å². The van der Waals surface area contributed by atoms with E-state index in [1.54, 1.807) is 24.8 Å². The largest absolute Gasteiger partial charge is 0.368 e. The van der Waals surface area contributed by atoms with Crippen molar-refractivity contribution in [3.8, 4) is 5.95 Å². The molecule has 108 valence electrons. The number of nitrogens with zero attached hydrogens (tertiary/aromatic N) is 8. The minimum atomic E-state index is -0.134. The summed E-state index contributed by atoms with van der Waals surface area (Å²) in [5.74, 6) is 1.57. The van der Waals surface area contributed by atoms with Crippen LogP contribution in [-0.4, -0.2) is 39.5 Å². The molecule has 0 saturated carbocycles. The van der Waals surface area contributed by atoms with Crippen LogP contribution in [-0.2, 0) is 7.05 Å². The lowest BCUT2D eigenvalue weighted by molar-refractivity contribution is 0.708. The third kappa shape index (κ3) is 2.63. The van der Waals surface area contributed by atoms with Crippen LogP contribution in [0.4, 0.5) is 11.9 Å². The highest BCUT2D eigenvalue weighted by molar-refractivity contribution is 5.36. The summed E-state index contributed by atoms with van der Waals surface area (Å²) < 4.78 is 3.33. The maximum absolute atomic E-state index is 5.71. The summed E-state index contributed by atoms with van der Waals surface area (Å²) in [5.41, 5.74) is 5.71. The molecule has 3 aromatic heterocycles. The summed E-state index contributed by atoms with van der Waals surface area (Å²) >= 11 is 0. The van der Waals surface area contributed by atoms with Gasteiger partial charge in [0.05, 0.1) is 6.04 Å². The van der Waals surface area contributed by atoms with Gasteiger partial charge in [0.1, 0.15) is 6.33 Å². The van der Waals surface area contributed by atoms with Crippen molar-refractivity contribution in [3.63, 3.8) is 0 Å². The Bertz CT molecular complexity index is 731. The van der Waals surface area contributed by atoms with Gasteiger partial charge in [-0.1, -0.05) is 0 Å². The average Bonchev–Trinajstić information content (AvgIpc) is 3.08. The zero-order valence-electron chi connectivity index (χ0n) is 11.5. The molecule has 10 heteroatoms. The summed E-state index contributed by atoms with van der Waals surface area (Å²) in [6.45, 7) is 1.93. The second kappa shape index (κ2) is 5.15.